The highest BCUT2D eigenvalue weighted by molar-refractivity contribution is 5.36. The Bertz CT molecular complexity index is 483. The zero-order valence-corrected chi connectivity index (χ0v) is 9.18. The van der Waals surface area contributed by atoms with Gasteiger partial charge in [-0.2, -0.15) is 0 Å². The molecule has 0 saturated heterocycles. The van der Waals surface area contributed by atoms with Crippen LogP contribution in [0.4, 0.5) is 0 Å². The number of benzene rings is 1. The van der Waals surface area contributed by atoms with Gasteiger partial charge in [0.15, 0.2) is 0 Å². The maximum Gasteiger partial charge on any atom is 0.150 e. The number of rotatable bonds is 3. The predicted octanol–water partition coefficient (Wildman–Crippen LogP) is 2.64. The monoisotopic (exact) mass is 214 g/mol. The molecule has 0 bridgehead atoms. The van der Waals surface area contributed by atoms with Gasteiger partial charge in [0.1, 0.15) is 11.5 Å². The fraction of sp³-hybridized carbons (Fsp3) is 0.154. The van der Waals surface area contributed by atoms with Gasteiger partial charge in [-0.1, -0.05) is 12.1 Å². The first-order valence-corrected chi connectivity index (χ1v) is 5.17. The van der Waals surface area contributed by atoms with Crippen molar-refractivity contribution in [3.05, 3.63) is 53.9 Å². The topological polar surface area (TPSA) is 48.1 Å². The van der Waals surface area contributed by atoms with Crippen LogP contribution in [0.3, 0.4) is 0 Å². The van der Waals surface area contributed by atoms with Gasteiger partial charge in [-0.15, -0.1) is 0 Å². The lowest BCUT2D eigenvalue weighted by Gasteiger charge is -2.09. The highest BCUT2D eigenvalue weighted by Gasteiger charge is 2.03. The first-order chi connectivity index (χ1) is 7.79. The molecule has 82 valence electrons. The summed E-state index contributed by atoms with van der Waals surface area (Å²) in [7, 11) is 0. The van der Waals surface area contributed by atoms with E-state index in [4.69, 9.17) is 10.5 Å². The van der Waals surface area contributed by atoms with E-state index in [0.717, 1.165) is 22.6 Å². The zero-order chi connectivity index (χ0) is 11.4. The molecule has 0 spiro atoms. The van der Waals surface area contributed by atoms with Gasteiger partial charge in [0.2, 0.25) is 0 Å². The summed E-state index contributed by atoms with van der Waals surface area (Å²) in [6.07, 6.45) is 3.40. The number of aryl methyl sites for hydroxylation is 1. The number of aromatic nitrogens is 1. The lowest BCUT2D eigenvalue weighted by Crippen LogP contribution is -1.99. The van der Waals surface area contributed by atoms with Crippen LogP contribution in [-0.2, 0) is 6.54 Å². The SMILES string of the molecule is Cc1cccc(Oc2cnccc2CN)c1. The Morgan fingerprint density at radius 3 is 2.94 bits per heavy atom. The number of hydrogen-bond acceptors (Lipinski definition) is 3. The second kappa shape index (κ2) is 4.77. The van der Waals surface area contributed by atoms with Crippen molar-refractivity contribution in [2.75, 3.05) is 0 Å². The quantitative estimate of drug-likeness (QED) is 0.854. The normalized spacial score (nSPS) is 10.1. The number of nitrogens with zero attached hydrogens (tertiary/aromatic N) is 1. The molecule has 0 unspecified atom stereocenters. The number of nitrogens with two attached hydrogens (primary N) is 1. The third-order valence-electron chi connectivity index (χ3n) is 2.31. The van der Waals surface area contributed by atoms with Gasteiger partial charge in [0.05, 0.1) is 6.20 Å². The maximum absolute atomic E-state index is 5.74. The summed E-state index contributed by atoms with van der Waals surface area (Å²) in [6.45, 7) is 2.48. The third-order valence-corrected chi connectivity index (χ3v) is 2.31. The van der Waals surface area contributed by atoms with Crippen LogP contribution < -0.4 is 10.5 Å². The summed E-state index contributed by atoms with van der Waals surface area (Å²) in [5.74, 6) is 1.53. The molecular weight excluding hydrogens is 200 g/mol. The Kier molecular flexibility index (Phi) is 3.17. The fourth-order valence-electron chi connectivity index (χ4n) is 1.48. The van der Waals surface area contributed by atoms with E-state index >= 15 is 0 Å². The summed E-state index contributed by atoms with van der Waals surface area (Å²) in [5, 5.41) is 0. The molecule has 0 aliphatic heterocycles. The van der Waals surface area contributed by atoms with Gasteiger partial charge in [-0.3, -0.25) is 4.98 Å². The Morgan fingerprint density at radius 1 is 1.31 bits per heavy atom. The van der Waals surface area contributed by atoms with E-state index in [9.17, 15) is 0 Å². The molecule has 0 atom stereocenters. The smallest absolute Gasteiger partial charge is 0.150 e. The van der Waals surface area contributed by atoms with Crippen molar-refractivity contribution < 1.29 is 4.74 Å². The van der Waals surface area contributed by atoms with E-state index in [1.165, 1.54) is 0 Å². The van der Waals surface area contributed by atoms with Crippen molar-refractivity contribution in [1.29, 1.82) is 0 Å². The van der Waals surface area contributed by atoms with Gasteiger partial charge < -0.3 is 10.5 Å². The molecule has 3 nitrogen and oxygen atoms in total. The molecule has 0 aliphatic carbocycles. The van der Waals surface area contributed by atoms with E-state index in [1.54, 1.807) is 12.4 Å². The summed E-state index contributed by atoms with van der Waals surface area (Å²) in [6, 6.07) is 9.75. The van der Waals surface area contributed by atoms with Crippen LogP contribution >= 0.6 is 0 Å². The average Bonchev–Trinajstić information content (AvgIpc) is 2.30. The van der Waals surface area contributed by atoms with Gasteiger partial charge in [0.25, 0.3) is 0 Å². The van der Waals surface area contributed by atoms with E-state index in [0.29, 0.717) is 6.54 Å². The first-order valence-electron chi connectivity index (χ1n) is 5.17. The average molecular weight is 214 g/mol. The molecule has 2 N–H and O–H groups in total. The Hall–Kier alpha value is -1.87. The van der Waals surface area contributed by atoms with Crippen LogP contribution in [0.15, 0.2) is 42.7 Å². The molecule has 1 heterocycles. The fourth-order valence-corrected chi connectivity index (χ4v) is 1.48. The maximum atomic E-state index is 5.74. The van der Waals surface area contributed by atoms with Gasteiger partial charge in [-0.25, -0.2) is 0 Å². The lowest BCUT2D eigenvalue weighted by molar-refractivity contribution is 0.473. The summed E-state index contributed by atoms with van der Waals surface area (Å²) >= 11 is 0. The second-order valence-electron chi connectivity index (χ2n) is 3.61. The minimum atomic E-state index is 0.448. The molecule has 3 heteroatoms. The largest absolute Gasteiger partial charge is 0.455 e. The standard InChI is InChI=1S/C13H14N2O/c1-10-3-2-4-12(7-10)16-13-9-15-6-5-11(13)8-14/h2-7,9H,8,14H2,1H3. The van der Waals surface area contributed by atoms with Crippen LogP contribution in [0.25, 0.3) is 0 Å². The Labute approximate surface area is 94.9 Å². The summed E-state index contributed by atoms with van der Waals surface area (Å²) in [5.41, 5.74) is 7.74. The van der Waals surface area contributed by atoms with E-state index in [-0.39, 0.29) is 0 Å². The van der Waals surface area contributed by atoms with Crippen molar-refractivity contribution in [3.8, 4) is 11.5 Å². The number of pyridine rings is 1. The Morgan fingerprint density at radius 2 is 2.19 bits per heavy atom. The Balaban J connectivity index is 2.26. The molecule has 2 rings (SSSR count). The van der Waals surface area contributed by atoms with Crippen molar-refractivity contribution >= 4 is 0 Å². The van der Waals surface area contributed by atoms with Gasteiger partial charge in [-0.05, 0) is 30.7 Å². The van der Waals surface area contributed by atoms with E-state index in [2.05, 4.69) is 4.98 Å². The lowest BCUT2D eigenvalue weighted by atomic mass is 10.2. The molecular formula is C13H14N2O. The highest BCUT2D eigenvalue weighted by atomic mass is 16.5. The second-order valence-corrected chi connectivity index (χ2v) is 3.61. The molecule has 2 aromatic rings. The first kappa shape index (κ1) is 10.6. The van der Waals surface area contributed by atoms with Crippen molar-refractivity contribution in [2.45, 2.75) is 13.5 Å². The van der Waals surface area contributed by atoms with E-state index < -0.39 is 0 Å². The van der Waals surface area contributed by atoms with Crippen molar-refractivity contribution in [1.82, 2.24) is 4.98 Å². The highest BCUT2D eigenvalue weighted by Crippen LogP contribution is 2.24. The number of hydrogen-bond donors (Lipinski definition) is 1. The molecule has 1 aromatic heterocycles. The zero-order valence-electron chi connectivity index (χ0n) is 9.18. The summed E-state index contributed by atoms with van der Waals surface area (Å²) < 4.78 is 5.74. The van der Waals surface area contributed by atoms with Crippen LogP contribution in [0.5, 0.6) is 11.5 Å². The van der Waals surface area contributed by atoms with Crippen molar-refractivity contribution in [2.24, 2.45) is 5.73 Å². The summed E-state index contributed by atoms with van der Waals surface area (Å²) in [4.78, 5) is 4.03. The molecule has 0 amide bonds. The minimum absolute atomic E-state index is 0.448. The number of ether oxygens (including phenoxy) is 1. The molecule has 0 fully saturated rings. The predicted molar refractivity (Wildman–Crippen MR) is 63.4 cm³/mol. The molecule has 16 heavy (non-hydrogen) atoms. The van der Waals surface area contributed by atoms with E-state index in [1.807, 2.05) is 37.3 Å². The molecule has 1 aromatic carbocycles. The van der Waals surface area contributed by atoms with Crippen LogP contribution in [0.1, 0.15) is 11.1 Å². The minimum Gasteiger partial charge on any atom is -0.455 e. The third kappa shape index (κ3) is 2.38. The van der Waals surface area contributed by atoms with Crippen LogP contribution in [0, 0.1) is 6.92 Å². The van der Waals surface area contributed by atoms with Crippen LogP contribution in [-0.4, -0.2) is 4.98 Å². The van der Waals surface area contributed by atoms with Crippen LogP contribution in [0.2, 0.25) is 0 Å². The molecule has 0 saturated carbocycles. The van der Waals surface area contributed by atoms with Gasteiger partial charge in [0, 0.05) is 18.3 Å². The van der Waals surface area contributed by atoms with Gasteiger partial charge >= 0.3 is 0 Å². The van der Waals surface area contributed by atoms with Crippen molar-refractivity contribution in [3.63, 3.8) is 0 Å². The molecule has 0 aliphatic rings. The molecule has 0 radical (unpaired) electrons.